The van der Waals surface area contributed by atoms with Crippen LogP contribution in [0, 0.1) is 12.8 Å². The van der Waals surface area contributed by atoms with Crippen LogP contribution in [0.2, 0.25) is 0 Å². The summed E-state index contributed by atoms with van der Waals surface area (Å²) in [7, 11) is 0. The number of nitrogen functional groups attached to an aromatic ring is 1. The van der Waals surface area contributed by atoms with Crippen molar-refractivity contribution in [1.29, 1.82) is 0 Å². The molecular weight excluding hydrogens is 252 g/mol. The lowest BCUT2D eigenvalue weighted by atomic mass is 9.95. The molecule has 2 unspecified atom stereocenters. The summed E-state index contributed by atoms with van der Waals surface area (Å²) in [5, 5.41) is 9.74. The van der Waals surface area contributed by atoms with Gasteiger partial charge in [0.2, 0.25) is 0 Å². The number of aliphatic hydroxyl groups is 1. The number of aliphatic hydroxyl groups excluding tert-OH is 1. The molecule has 1 aliphatic rings. The van der Waals surface area contributed by atoms with E-state index in [1.165, 1.54) is 0 Å². The second kappa shape index (κ2) is 5.20. The fourth-order valence-electron chi connectivity index (χ4n) is 2.54. The lowest BCUT2D eigenvalue weighted by Gasteiger charge is -2.24. The number of hydrogen-bond donors (Lipinski definition) is 2. The van der Waals surface area contributed by atoms with E-state index >= 15 is 0 Å². The van der Waals surface area contributed by atoms with E-state index in [4.69, 9.17) is 10.7 Å². The van der Waals surface area contributed by atoms with Gasteiger partial charge in [-0.2, -0.15) is 0 Å². The molecule has 2 atom stereocenters. The Balaban J connectivity index is 2.35. The van der Waals surface area contributed by atoms with Crippen molar-refractivity contribution >= 4 is 11.6 Å². The van der Waals surface area contributed by atoms with E-state index in [2.05, 4.69) is 30.7 Å². The molecule has 0 aromatic carbocycles. The highest BCUT2D eigenvalue weighted by atomic mass is 16.3. The standard InChI is InChI=1S/C15H26N4O/c1-9-12(16)17-14(15(3,4)5)18-13(9)19-7-6-11(8-19)10(2)20/h10-11,20H,6-8H2,1-5H3,(H2,16,17,18). The predicted octanol–water partition coefficient (Wildman–Crippen LogP) is 1.87. The zero-order chi connectivity index (χ0) is 15.1. The Hall–Kier alpha value is -1.36. The highest BCUT2D eigenvalue weighted by Gasteiger charge is 2.29. The molecule has 5 nitrogen and oxygen atoms in total. The molecule has 0 bridgehead atoms. The highest BCUT2D eigenvalue weighted by Crippen LogP contribution is 2.31. The summed E-state index contributed by atoms with van der Waals surface area (Å²) in [4.78, 5) is 11.4. The van der Waals surface area contributed by atoms with E-state index in [9.17, 15) is 5.11 Å². The average molecular weight is 278 g/mol. The van der Waals surface area contributed by atoms with Gasteiger partial charge in [0.05, 0.1) is 6.10 Å². The molecule has 0 amide bonds. The maximum absolute atomic E-state index is 9.74. The normalized spacial score (nSPS) is 21.3. The molecule has 0 aliphatic carbocycles. The molecule has 1 aromatic heterocycles. The SMILES string of the molecule is Cc1c(N)nc(C(C)(C)C)nc1N1CCC(C(C)O)C1. The Labute approximate surface area is 121 Å². The molecule has 0 spiro atoms. The second-order valence-corrected chi connectivity index (χ2v) is 6.87. The van der Waals surface area contributed by atoms with Gasteiger partial charge < -0.3 is 15.7 Å². The summed E-state index contributed by atoms with van der Waals surface area (Å²) in [5.41, 5.74) is 6.86. The van der Waals surface area contributed by atoms with Gasteiger partial charge in [0, 0.05) is 30.0 Å². The molecule has 1 fully saturated rings. The van der Waals surface area contributed by atoms with Crippen LogP contribution in [0.25, 0.3) is 0 Å². The Morgan fingerprint density at radius 3 is 2.50 bits per heavy atom. The van der Waals surface area contributed by atoms with E-state index < -0.39 is 0 Å². The topological polar surface area (TPSA) is 75.3 Å². The first-order valence-electron chi connectivity index (χ1n) is 7.27. The van der Waals surface area contributed by atoms with E-state index in [0.29, 0.717) is 11.7 Å². The van der Waals surface area contributed by atoms with E-state index in [1.54, 1.807) is 0 Å². The molecular formula is C15H26N4O. The molecule has 1 aliphatic heterocycles. The van der Waals surface area contributed by atoms with Crippen LogP contribution in [0.4, 0.5) is 11.6 Å². The maximum atomic E-state index is 9.74. The van der Waals surface area contributed by atoms with Gasteiger partial charge >= 0.3 is 0 Å². The van der Waals surface area contributed by atoms with Crippen molar-refractivity contribution in [3.8, 4) is 0 Å². The number of aromatic nitrogens is 2. The summed E-state index contributed by atoms with van der Waals surface area (Å²) >= 11 is 0. The van der Waals surface area contributed by atoms with Gasteiger partial charge in [0.1, 0.15) is 17.5 Å². The molecule has 1 saturated heterocycles. The van der Waals surface area contributed by atoms with Crippen molar-refractivity contribution in [2.24, 2.45) is 5.92 Å². The van der Waals surface area contributed by atoms with Crippen LogP contribution < -0.4 is 10.6 Å². The van der Waals surface area contributed by atoms with Gasteiger partial charge in [-0.05, 0) is 20.3 Å². The molecule has 5 heteroatoms. The zero-order valence-corrected chi connectivity index (χ0v) is 13.1. The van der Waals surface area contributed by atoms with Crippen LogP contribution in [0.15, 0.2) is 0 Å². The number of hydrogen-bond acceptors (Lipinski definition) is 5. The minimum Gasteiger partial charge on any atom is -0.393 e. The fourth-order valence-corrected chi connectivity index (χ4v) is 2.54. The monoisotopic (exact) mass is 278 g/mol. The molecule has 0 radical (unpaired) electrons. The van der Waals surface area contributed by atoms with Gasteiger partial charge in [0.25, 0.3) is 0 Å². The lowest BCUT2D eigenvalue weighted by molar-refractivity contribution is 0.136. The van der Waals surface area contributed by atoms with Crippen LogP contribution in [-0.4, -0.2) is 34.3 Å². The van der Waals surface area contributed by atoms with Crippen molar-refractivity contribution < 1.29 is 5.11 Å². The van der Waals surface area contributed by atoms with Gasteiger partial charge in [-0.3, -0.25) is 0 Å². The number of nitrogens with zero attached hydrogens (tertiary/aromatic N) is 3. The van der Waals surface area contributed by atoms with E-state index in [1.807, 2.05) is 13.8 Å². The van der Waals surface area contributed by atoms with Gasteiger partial charge in [-0.15, -0.1) is 0 Å². The molecule has 2 heterocycles. The largest absolute Gasteiger partial charge is 0.393 e. The van der Waals surface area contributed by atoms with Crippen molar-refractivity contribution in [1.82, 2.24) is 9.97 Å². The molecule has 20 heavy (non-hydrogen) atoms. The molecule has 3 N–H and O–H groups in total. The summed E-state index contributed by atoms with van der Waals surface area (Å²) in [6, 6.07) is 0. The van der Waals surface area contributed by atoms with Crippen LogP contribution in [-0.2, 0) is 5.41 Å². The minimum atomic E-state index is -0.276. The number of nitrogens with two attached hydrogens (primary N) is 1. The van der Waals surface area contributed by atoms with Crippen molar-refractivity contribution in [3.05, 3.63) is 11.4 Å². The summed E-state index contributed by atoms with van der Waals surface area (Å²) in [6.07, 6.45) is 0.716. The molecule has 112 valence electrons. The Kier molecular flexibility index (Phi) is 3.91. The zero-order valence-electron chi connectivity index (χ0n) is 13.1. The maximum Gasteiger partial charge on any atom is 0.138 e. The fraction of sp³-hybridized carbons (Fsp3) is 0.733. The molecule has 0 saturated carbocycles. The van der Waals surface area contributed by atoms with Gasteiger partial charge in [-0.25, -0.2) is 9.97 Å². The van der Waals surface area contributed by atoms with Crippen LogP contribution in [0.3, 0.4) is 0 Å². The Bertz CT molecular complexity index is 493. The third kappa shape index (κ3) is 2.87. The summed E-state index contributed by atoms with van der Waals surface area (Å²) < 4.78 is 0. The number of anilines is 2. The minimum absolute atomic E-state index is 0.125. The van der Waals surface area contributed by atoms with Gasteiger partial charge in [0.15, 0.2) is 0 Å². The summed E-state index contributed by atoms with van der Waals surface area (Å²) in [6.45, 7) is 11.8. The first-order valence-corrected chi connectivity index (χ1v) is 7.27. The predicted molar refractivity (Wildman–Crippen MR) is 81.9 cm³/mol. The lowest BCUT2D eigenvalue weighted by Crippen LogP contribution is -2.27. The van der Waals surface area contributed by atoms with E-state index in [0.717, 1.165) is 36.7 Å². The average Bonchev–Trinajstić information content (AvgIpc) is 2.80. The van der Waals surface area contributed by atoms with Crippen LogP contribution in [0.5, 0.6) is 0 Å². The molecule has 1 aromatic rings. The first-order chi connectivity index (χ1) is 9.20. The third-order valence-electron chi connectivity index (χ3n) is 4.04. The van der Waals surface area contributed by atoms with Crippen LogP contribution >= 0.6 is 0 Å². The van der Waals surface area contributed by atoms with Crippen molar-refractivity contribution in [3.63, 3.8) is 0 Å². The highest BCUT2D eigenvalue weighted by molar-refractivity contribution is 5.57. The quantitative estimate of drug-likeness (QED) is 0.864. The number of rotatable bonds is 2. The Morgan fingerprint density at radius 1 is 1.35 bits per heavy atom. The smallest absolute Gasteiger partial charge is 0.138 e. The van der Waals surface area contributed by atoms with E-state index in [-0.39, 0.29) is 11.5 Å². The first kappa shape index (κ1) is 15.0. The van der Waals surface area contributed by atoms with Gasteiger partial charge in [-0.1, -0.05) is 20.8 Å². The van der Waals surface area contributed by atoms with Crippen molar-refractivity contribution in [2.75, 3.05) is 23.7 Å². The summed E-state index contributed by atoms with van der Waals surface area (Å²) in [5.74, 6) is 2.56. The Morgan fingerprint density at radius 2 is 2.00 bits per heavy atom. The second-order valence-electron chi connectivity index (χ2n) is 6.87. The van der Waals surface area contributed by atoms with Crippen LogP contribution in [0.1, 0.15) is 45.5 Å². The molecule has 2 rings (SSSR count). The third-order valence-corrected chi connectivity index (χ3v) is 4.04. The van der Waals surface area contributed by atoms with Crippen molar-refractivity contribution in [2.45, 2.75) is 52.6 Å².